The summed E-state index contributed by atoms with van der Waals surface area (Å²) in [4.78, 5) is 47.6. The van der Waals surface area contributed by atoms with Crippen LogP contribution in [0.15, 0.2) is 79.0 Å². The van der Waals surface area contributed by atoms with Gasteiger partial charge in [-0.15, -0.1) is 0 Å². The number of likely N-dealkylation sites (N-methyl/N-ethyl adjacent to an activating group) is 1. The van der Waals surface area contributed by atoms with Crippen molar-refractivity contribution in [3.8, 4) is 28.6 Å². The van der Waals surface area contributed by atoms with Gasteiger partial charge in [0.2, 0.25) is 11.8 Å². The van der Waals surface area contributed by atoms with Crippen LogP contribution < -0.4 is 14.8 Å². The van der Waals surface area contributed by atoms with Gasteiger partial charge in [-0.05, 0) is 48.2 Å². The Morgan fingerprint density at radius 1 is 0.979 bits per heavy atom. The molecule has 4 bridgehead atoms. The number of hydrogen-bond acceptors (Lipinski definition) is 7. The lowest BCUT2D eigenvalue weighted by atomic mass is 10.0. The summed E-state index contributed by atoms with van der Waals surface area (Å²) in [5.74, 6) is 1.84. The minimum Gasteiger partial charge on any atom is -0.493 e. The molecule has 1 N–H and O–H groups in total. The van der Waals surface area contributed by atoms with Gasteiger partial charge in [0.15, 0.2) is 11.5 Å². The number of amides is 3. The Hall–Kier alpha value is -5.16. The Labute approximate surface area is 274 Å². The largest absolute Gasteiger partial charge is 0.493 e. The van der Waals surface area contributed by atoms with Gasteiger partial charge in [0.25, 0.3) is 5.91 Å². The van der Waals surface area contributed by atoms with Crippen LogP contribution in [0.5, 0.6) is 17.2 Å². The number of likely N-dealkylation sites (tertiary alicyclic amines) is 1. The van der Waals surface area contributed by atoms with Gasteiger partial charge in [0.05, 0.1) is 38.6 Å². The Morgan fingerprint density at radius 3 is 2.62 bits per heavy atom. The van der Waals surface area contributed by atoms with E-state index >= 15 is 0 Å². The standard InChI is InChI=1S/C36H39N5O6/c1-39-22-33(42)38-28-16-17-41(36(44)29-20-37-35(40(29)2)26-9-5-4-6-10-26)21-32(28)46-23-25-8-7-11-27(18-25)47-30-14-12-24(13-15-34(39)43)19-31(30)45-3/h4-12,14,18-20,28,32H,13,15-17,21-23H2,1-3H3,(H,38,42)/t28-,32-/m0/s1. The van der Waals surface area contributed by atoms with Crippen LogP contribution >= 0.6 is 0 Å². The maximum Gasteiger partial charge on any atom is 0.272 e. The van der Waals surface area contributed by atoms with E-state index in [1.807, 2.05) is 79.8 Å². The zero-order valence-corrected chi connectivity index (χ0v) is 26.8. The van der Waals surface area contributed by atoms with Gasteiger partial charge in [-0.25, -0.2) is 4.98 Å². The lowest BCUT2D eigenvalue weighted by Gasteiger charge is -2.39. The highest BCUT2D eigenvalue weighted by molar-refractivity contribution is 5.93. The number of carbonyl (C=O) groups is 3. The minimum absolute atomic E-state index is 0.0832. The molecule has 0 radical (unpaired) electrons. The third-order valence-corrected chi connectivity index (χ3v) is 8.68. The minimum atomic E-state index is -0.501. The molecule has 0 spiro atoms. The summed E-state index contributed by atoms with van der Waals surface area (Å²) in [6, 6.07) is 22.6. The summed E-state index contributed by atoms with van der Waals surface area (Å²) < 4.78 is 20.0. The van der Waals surface area contributed by atoms with Crippen LogP contribution in [0.4, 0.5) is 0 Å². The third kappa shape index (κ3) is 7.30. The Balaban J connectivity index is 1.24. The fourth-order valence-electron chi connectivity index (χ4n) is 6.04. The van der Waals surface area contributed by atoms with Crippen molar-refractivity contribution in [2.45, 2.75) is 38.0 Å². The van der Waals surface area contributed by atoms with Crippen molar-refractivity contribution in [3.63, 3.8) is 0 Å². The molecule has 3 aromatic carbocycles. The molecule has 1 saturated heterocycles. The maximum absolute atomic E-state index is 13.8. The Bertz CT molecular complexity index is 1760. The van der Waals surface area contributed by atoms with E-state index in [1.54, 1.807) is 29.8 Å². The molecule has 0 unspecified atom stereocenters. The predicted molar refractivity (Wildman–Crippen MR) is 175 cm³/mol. The van der Waals surface area contributed by atoms with Gasteiger partial charge in [0.1, 0.15) is 17.3 Å². The van der Waals surface area contributed by atoms with E-state index in [4.69, 9.17) is 14.2 Å². The second-order valence-electron chi connectivity index (χ2n) is 11.9. The number of fused-ring (bicyclic) bond motifs is 9. The van der Waals surface area contributed by atoms with Crippen LogP contribution in [-0.2, 0) is 34.4 Å². The number of nitrogens with one attached hydrogen (secondary N) is 1. The van der Waals surface area contributed by atoms with Gasteiger partial charge in [-0.3, -0.25) is 14.4 Å². The Morgan fingerprint density at radius 2 is 1.81 bits per heavy atom. The molecule has 244 valence electrons. The summed E-state index contributed by atoms with van der Waals surface area (Å²) in [5.41, 5.74) is 3.18. The van der Waals surface area contributed by atoms with Crippen molar-refractivity contribution in [3.05, 3.63) is 95.8 Å². The first kappa shape index (κ1) is 31.8. The number of benzene rings is 3. The van der Waals surface area contributed by atoms with E-state index in [0.29, 0.717) is 48.2 Å². The summed E-state index contributed by atoms with van der Waals surface area (Å²) >= 11 is 0. The quantitative estimate of drug-likeness (QED) is 0.358. The molecule has 0 aliphatic carbocycles. The molecule has 0 saturated carbocycles. The smallest absolute Gasteiger partial charge is 0.272 e. The number of carbonyl (C=O) groups excluding carboxylic acids is 3. The number of aromatic nitrogens is 2. The van der Waals surface area contributed by atoms with Gasteiger partial charge < -0.3 is 33.9 Å². The first-order valence-electron chi connectivity index (χ1n) is 15.7. The molecule has 7 rings (SSSR count). The highest BCUT2D eigenvalue weighted by Gasteiger charge is 2.35. The van der Waals surface area contributed by atoms with E-state index in [0.717, 1.165) is 16.7 Å². The zero-order chi connectivity index (χ0) is 32.9. The third-order valence-electron chi connectivity index (χ3n) is 8.68. The highest BCUT2D eigenvalue weighted by atomic mass is 16.5. The molecular weight excluding hydrogens is 598 g/mol. The van der Waals surface area contributed by atoms with Crippen LogP contribution in [0.25, 0.3) is 11.4 Å². The van der Waals surface area contributed by atoms with E-state index in [1.165, 1.54) is 4.90 Å². The molecule has 4 heterocycles. The fourth-order valence-corrected chi connectivity index (χ4v) is 6.04. The van der Waals surface area contributed by atoms with E-state index in [9.17, 15) is 14.4 Å². The summed E-state index contributed by atoms with van der Waals surface area (Å²) in [7, 11) is 5.04. The average molecular weight is 638 g/mol. The van der Waals surface area contributed by atoms with E-state index in [2.05, 4.69) is 10.3 Å². The van der Waals surface area contributed by atoms with E-state index in [-0.39, 0.29) is 49.9 Å². The number of piperidine rings is 1. The molecule has 47 heavy (non-hydrogen) atoms. The van der Waals surface area contributed by atoms with Gasteiger partial charge in [-0.1, -0.05) is 48.5 Å². The summed E-state index contributed by atoms with van der Waals surface area (Å²) in [6.07, 6.45) is 2.31. The molecule has 3 amide bonds. The zero-order valence-electron chi connectivity index (χ0n) is 26.8. The number of aryl methyl sites for hydroxylation is 1. The van der Waals surface area contributed by atoms with Gasteiger partial charge in [0, 0.05) is 39.2 Å². The molecular formula is C36H39N5O6. The first-order valence-corrected chi connectivity index (χ1v) is 15.7. The van der Waals surface area contributed by atoms with Crippen molar-refractivity contribution < 1.29 is 28.6 Å². The number of ether oxygens (including phenoxy) is 3. The molecule has 2 atom stereocenters. The van der Waals surface area contributed by atoms with Gasteiger partial charge in [-0.2, -0.15) is 0 Å². The number of methoxy groups -OCH3 is 1. The van der Waals surface area contributed by atoms with E-state index < -0.39 is 6.10 Å². The summed E-state index contributed by atoms with van der Waals surface area (Å²) in [5, 5.41) is 3.08. The molecule has 1 aromatic heterocycles. The number of imidazole rings is 1. The monoisotopic (exact) mass is 637 g/mol. The van der Waals surface area contributed by atoms with Crippen LogP contribution in [0.1, 0.15) is 34.5 Å². The van der Waals surface area contributed by atoms with Crippen LogP contribution in [0, 0.1) is 0 Å². The molecule has 3 aliphatic rings. The lowest BCUT2D eigenvalue weighted by molar-refractivity contribution is -0.135. The number of nitrogens with zero attached hydrogens (tertiary/aromatic N) is 4. The molecule has 3 aliphatic heterocycles. The Kier molecular flexibility index (Phi) is 9.53. The first-order chi connectivity index (χ1) is 22.8. The fraction of sp³-hybridized carbons (Fsp3) is 0.333. The second-order valence-corrected chi connectivity index (χ2v) is 11.9. The van der Waals surface area contributed by atoms with Crippen molar-refractivity contribution in [2.75, 3.05) is 33.8 Å². The predicted octanol–water partition coefficient (Wildman–Crippen LogP) is 4.21. The number of rotatable bonds is 3. The van der Waals surface area contributed by atoms with Crippen molar-refractivity contribution >= 4 is 17.7 Å². The molecule has 4 aromatic rings. The van der Waals surface area contributed by atoms with Gasteiger partial charge >= 0.3 is 0 Å². The van der Waals surface area contributed by atoms with Crippen LogP contribution in [0.3, 0.4) is 0 Å². The average Bonchev–Trinajstić information content (AvgIpc) is 3.47. The highest BCUT2D eigenvalue weighted by Crippen LogP contribution is 2.33. The number of hydrogen-bond donors (Lipinski definition) is 1. The molecule has 11 heteroatoms. The van der Waals surface area contributed by atoms with Crippen LogP contribution in [0.2, 0.25) is 0 Å². The van der Waals surface area contributed by atoms with Crippen molar-refractivity contribution in [2.24, 2.45) is 7.05 Å². The SMILES string of the molecule is COc1cc2ccc1Oc1cccc(c1)CO[C@H]1CN(C(=O)c3cnc(-c4ccccc4)n3C)CC[C@@H]1NC(=O)CN(C)C(=O)CC2. The van der Waals surface area contributed by atoms with Crippen molar-refractivity contribution in [1.29, 1.82) is 0 Å². The molecule has 11 nitrogen and oxygen atoms in total. The summed E-state index contributed by atoms with van der Waals surface area (Å²) in [6.45, 7) is 0.839. The second kappa shape index (κ2) is 14.1. The molecule has 1 fully saturated rings. The van der Waals surface area contributed by atoms with Crippen LogP contribution in [-0.4, -0.2) is 83.0 Å². The normalized spacial score (nSPS) is 19.1. The maximum atomic E-state index is 13.8. The topological polar surface area (TPSA) is 115 Å². The lowest BCUT2D eigenvalue weighted by Crippen LogP contribution is -2.57. The van der Waals surface area contributed by atoms with Crippen molar-refractivity contribution in [1.82, 2.24) is 24.7 Å².